The molecule has 0 aliphatic heterocycles. The van der Waals surface area contributed by atoms with Crippen molar-refractivity contribution in [2.45, 2.75) is 26.2 Å². The first kappa shape index (κ1) is 24.6. The molecule has 36 heavy (non-hydrogen) atoms. The van der Waals surface area contributed by atoms with Crippen molar-refractivity contribution < 1.29 is 0 Å². The van der Waals surface area contributed by atoms with Gasteiger partial charge in [-0.2, -0.15) is 5.10 Å². The molecular formula is C27H25Cl2N5OS. The summed E-state index contributed by atoms with van der Waals surface area (Å²) in [4.78, 5) is 18.9. The Hall–Kier alpha value is -3.13. The number of benzene rings is 2. The number of hydrogen-bond acceptors (Lipinski definition) is 4. The van der Waals surface area contributed by atoms with Crippen LogP contribution in [0, 0.1) is 12.8 Å². The van der Waals surface area contributed by atoms with Crippen LogP contribution in [-0.4, -0.2) is 20.3 Å². The second-order valence-corrected chi connectivity index (χ2v) is 10.4. The summed E-state index contributed by atoms with van der Waals surface area (Å²) in [6.07, 6.45) is 9.40. The van der Waals surface area contributed by atoms with Gasteiger partial charge in [0.05, 0.1) is 22.1 Å². The van der Waals surface area contributed by atoms with E-state index in [2.05, 4.69) is 12.2 Å². The second-order valence-electron chi connectivity index (χ2n) is 8.67. The maximum Gasteiger partial charge on any atom is 0.297 e. The molecule has 0 saturated heterocycles. The van der Waals surface area contributed by atoms with Gasteiger partial charge in [-0.25, -0.2) is 14.4 Å². The summed E-state index contributed by atoms with van der Waals surface area (Å²) in [6.45, 7) is 1.89. The molecule has 0 fully saturated rings. The van der Waals surface area contributed by atoms with E-state index in [1.165, 1.54) is 11.3 Å². The van der Waals surface area contributed by atoms with E-state index in [1.807, 2.05) is 66.6 Å². The van der Waals surface area contributed by atoms with Gasteiger partial charge in [-0.05, 0) is 62.4 Å². The van der Waals surface area contributed by atoms with Crippen molar-refractivity contribution in [3.05, 3.63) is 97.0 Å². The molecule has 2 heterocycles. The molecule has 0 radical (unpaired) electrons. The lowest BCUT2D eigenvalue weighted by Gasteiger charge is -2.12. The van der Waals surface area contributed by atoms with Crippen LogP contribution in [-0.2, 0) is 7.05 Å². The zero-order valence-corrected chi connectivity index (χ0v) is 22.3. The smallest absolute Gasteiger partial charge is 0.283 e. The highest BCUT2D eigenvalue weighted by Gasteiger charge is 2.18. The Balaban J connectivity index is 1.69. The fourth-order valence-electron chi connectivity index (χ4n) is 4.26. The molecule has 0 bridgehead atoms. The number of allylic oxidation sites excluding steroid dienone is 2. The first-order valence-electron chi connectivity index (χ1n) is 11.7. The van der Waals surface area contributed by atoms with E-state index in [-0.39, 0.29) is 5.56 Å². The van der Waals surface area contributed by atoms with Gasteiger partial charge in [-0.1, -0.05) is 53.6 Å². The van der Waals surface area contributed by atoms with E-state index in [0.29, 0.717) is 26.5 Å². The van der Waals surface area contributed by atoms with Crippen LogP contribution in [0.3, 0.4) is 0 Å². The molecule has 0 amide bonds. The molecule has 1 unspecified atom stereocenters. The van der Waals surface area contributed by atoms with E-state index in [1.54, 1.807) is 21.5 Å². The van der Waals surface area contributed by atoms with Gasteiger partial charge in [0, 0.05) is 29.2 Å². The van der Waals surface area contributed by atoms with Crippen LogP contribution in [0.5, 0.6) is 0 Å². The zero-order valence-electron chi connectivity index (χ0n) is 19.9. The van der Waals surface area contributed by atoms with Crippen LogP contribution in [0.4, 0.5) is 5.69 Å². The lowest BCUT2D eigenvalue weighted by molar-refractivity contribution is 0.622. The van der Waals surface area contributed by atoms with E-state index in [4.69, 9.17) is 33.3 Å². The molecule has 9 heteroatoms. The van der Waals surface area contributed by atoms with Crippen molar-refractivity contribution in [2.75, 3.05) is 0 Å². The first-order valence-corrected chi connectivity index (χ1v) is 13.3. The molecule has 1 atom stereocenters. The van der Waals surface area contributed by atoms with Gasteiger partial charge in [0.25, 0.3) is 5.56 Å². The first-order chi connectivity index (χ1) is 17.4. The van der Waals surface area contributed by atoms with E-state index in [9.17, 15) is 4.79 Å². The van der Waals surface area contributed by atoms with Gasteiger partial charge < -0.3 is 0 Å². The summed E-state index contributed by atoms with van der Waals surface area (Å²) in [5, 5.41) is 7.93. The van der Waals surface area contributed by atoms with Gasteiger partial charge in [0.1, 0.15) is 0 Å². The van der Waals surface area contributed by atoms with E-state index >= 15 is 0 Å². The minimum Gasteiger partial charge on any atom is -0.283 e. The number of nitrogens with zero attached hydrogens (tertiary/aromatic N) is 5. The Bertz CT molecular complexity index is 1590. The molecule has 5 rings (SSSR count). The molecule has 2 aromatic heterocycles. The molecule has 1 aliphatic rings. The molecule has 0 saturated carbocycles. The molecule has 6 nitrogen and oxygen atoms in total. The van der Waals surface area contributed by atoms with Crippen molar-refractivity contribution in [2.24, 2.45) is 23.1 Å². The monoisotopic (exact) mass is 537 g/mol. The van der Waals surface area contributed by atoms with E-state index < -0.39 is 0 Å². The Morgan fingerprint density at radius 2 is 1.92 bits per heavy atom. The van der Waals surface area contributed by atoms with Crippen molar-refractivity contribution in [1.82, 2.24) is 14.0 Å². The Labute approximate surface area is 223 Å². The van der Waals surface area contributed by atoms with Crippen LogP contribution in [0.25, 0.3) is 16.9 Å². The molecule has 0 spiro atoms. The predicted molar refractivity (Wildman–Crippen MR) is 149 cm³/mol. The quantitative estimate of drug-likeness (QED) is 0.205. The Morgan fingerprint density at radius 1 is 1.11 bits per heavy atom. The minimum atomic E-state index is -0.190. The topological polar surface area (TPSA) is 56.6 Å². The fourth-order valence-corrected chi connectivity index (χ4v) is 5.48. The number of rotatable bonds is 5. The van der Waals surface area contributed by atoms with Gasteiger partial charge in [0.2, 0.25) is 4.80 Å². The third-order valence-corrected chi connectivity index (χ3v) is 7.70. The summed E-state index contributed by atoms with van der Waals surface area (Å²) in [6, 6.07) is 14.9. The number of aromatic nitrogens is 3. The third-order valence-electron chi connectivity index (χ3n) is 6.32. The Morgan fingerprint density at radius 3 is 2.67 bits per heavy atom. The van der Waals surface area contributed by atoms with Crippen LogP contribution in [0.1, 0.15) is 25.0 Å². The van der Waals surface area contributed by atoms with Gasteiger partial charge in [-0.3, -0.25) is 9.48 Å². The van der Waals surface area contributed by atoms with Crippen molar-refractivity contribution >= 4 is 46.4 Å². The summed E-state index contributed by atoms with van der Waals surface area (Å²) in [5.41, 5.74) is 3.25. The van der Waals surface area contributed by atoms with E-state index in [0.717, 1.165) is 41.9 Å². The summed E-state index contributed by atoms with van der Waals surface area (Å²) < 4.78 is 5.21. The second kappa shape index (κ2) is 10.5. The largest absolute Gasteiger partial charge is 0.297 e. The van der Waals surface area contributed by atoms with Crippen LogP contribution >= 0.6 is 34.5 Å². The average Bonchev–Trinajstić information content (AvgIpc) is 3.39. The average molecular weight is 539 g/mol. The number of para-hydroxylation sites is 1. The van der Waals surface area contributed by atoms with Gasteiger partial charge in [0.15, 0.2) is 5.69 Å². The molecular weight excluding hydrogens is 513 g/mol. The highest BCUT2D eigenvalue weighted by atomic mass is 35.5. The summed E-state index contributed by atoms with van der Waals surface area (Å²) >= 11 is 14.2. The fraction of sp³-hybridized carbons (Fsp3) is 0.222. The Kier molecular flexibility index (Phi) is 7.14. The highest BCUT2D eigenvalue weighted by Crippen LogP contribution is 2.31. The summed E-state index contributed by atoms with van der Waals surface area (Å²) in [5.74, 6) is 0.340. The molecule has 4 aromatic rings. The van der Waals surface area contributed by atoms with Crippen molar-refractivity contribution in [3.63, 3.8) is 0 Å². The van der Waals surface area contributed by atoms with Gasteiger partial charge >= 0.3 is 0 Å². The number of halogens is 2. The van der Waals surface area contributed by atoms with Gasteiger partial charge in [-0.15, -0.1) is 11.3 Å². The van der Waals surface area contributed by atoms with Crippen LogP contribution in [0.15, 0.2) is 81.0 Å². The number of thiazole rings is 1. The lowest BCUT2D eigenvalue weighted by atomic mass is 9.96. The summed E-state index contributed by atoms with van der Waals surface area (Å²) in [7, 11) is 1.86. The maximum absolute atomic E-state index is 13.5. The predicted octanol–water partition coefficient (Wildman–Crippen LogP) is 6.74. The zero-order chi connectivity index (χ0) is 25.2. The standard InChI is InChI=1S/C27H25Cl2N5OS/c1-18-25(26(35)34(32(18)2)21-11-7-4-8-12-21)31-27-33(30-16-19-9-5-3-6-10-19)24(17-36-27)22-15-20(28)13-14-23(22)29/h3-5,7-8,11-17,19H,6,9-10H2,1-2H3. The van der Waals surface area contributed by atoms with Crippen LogP contribution < -0.4 is 10.4 Å². The maximum atomic E-state index is 13.5. The van der Waals surface area contributed by atoms with Crippen molar-refractivity contribution in [3.8, 4) is 16.9 Å². The molecule has 184 valence electrons. The molecule has 0 N–H and O–H groups in total. The SMILES string of the molecule is Cc1c(N=c2scc(-c3cc(Cl)ccc3Cl)n2N=CC2CC=CCC2)c(=O)n(-c2ccccc2)n1C. The number of hydrogen-bond donors (Lipinski definition) is 0. The minimum absolute atomic E-state index is 0.190. The molecule has 2 aromatic carbocycles. The molecule has 1 aliphatic carbocycles. The lowest BCUT2D eigenvalue weighted by Crippen LogP contribution is -2.20. The highest BCUT2D eigenvalue weighted by molar-refractivity contribution is 7.07. The normalized spacial score (nSPS) is 16.3. The van der Waals surface area contributed by atoms with Crippen molar-refractivity contribution in [1.29, 1.82) is 0 Å². The third kappa shape index (κ3) is 4.78. The van der Waals surface area contributed by atoms with Crippen LogP contribution in [0.2, 0.25) is 10.0 Å².